The molecule has 0 spiro atoms. The molecule has 1 unspecified atom stereocenters. The third-order valence-electron chi connectivity index (χ3n) is 4.04. The zero-order chi connectivity index (χ0) is 20.7. The zero-order valence-corrected chi connectivity index (χ0v) is 16.9. The molecule has 2 aliphatic rings. The standard InChI is InChI=1S/C19H21ClN2O6/c1-9(2)26-18(24)21-8-13-16(23)12-7-14(20)11(5)6-15(12)28-17(13)22(21)19(25)27-10(3)4/h6-10,17H,1-5H3. The number of hydrogen-bond donors (Lipinski definition) is 0. The molecule has 28 heavy (non-hydrogen) atoms. The van der Waals surface area contributed by atoms with Crippen molar-refractivity contribution in [2.24, 2.45) is 0 Å². The molecule has 0 saturated carbocycles. The van der Waals surface area contributed by atoms with E-state index in [2.05, 4.69) is 0 Å². The van der Waals surface area contributed by atoms with Crippen molar-refractivity contribution in [1.29, 1.82) is 0 Å². The van der Waals surface area contributed by atoms with Gasteiger partial charge in [-0.25, -0.2) is 9.59 Å². The van der Waals surface area contributed by atoms with E-state index in [1.165, 1.54) is 12.3 Å². The fourth-order valence-corrected chi connectivity index (χ4v) is 2.99. The van der Waals surface area contributed by atoms with Crippen LogP contribution in [0.2, 0.25) is 5.02 Å². The molecule has 1 atom stereocenters. The van der Waals surface area contributed by atoms with E-state index < -0.39 is 36.4 Å². The van der Waals surface area contributed by atoms with E-state index in [1.807, 2.05) is 0 Å². The minimum Gasteiger partial charge on any atom is -0.463 e. The van der Waals surface area contributed by atoms with Gasteiger partial charge >= 0.3 is 12.2 Å². The van der Waals surface area contributed by atoms with Crippen LogP contribution in [0.3, 0.4) is 0 Å². The number of fused-ring (bicyclic) bond motifs is 2. The Kier molecular flexibility index (Phi) is 5.25. The molecular weight excluding hydrogens is 388 g/mol. The van der Waals surface area contributed by atoms with Crippen LogP contribution in [-0.4, -0.2) is 46.4 Å². The average molecular weight is 409 g/mol. The van der Waals surface area contributed by atoms with Crippen molar-refractivity contribution >= 4 is 29.6 Å². The second kappa shape index (κ2) is 7.35. The molecule has 1 aromatic rings. The predicted molar refractivity (Wildman–Crippen MR) is 99.9 cm³/mol. The Labute approximate surface area is 167 Å². The summed E-state index contributed by atoms with van der Waals surface area (Å²) in [6.45, 7) is 8.47. The zero-order valence-electron chi connectivity index (χ0n) is 16.2. The topological polar surface area (TPSA) is 85.4 Å². The highest BCUT2D eigenvalue weighted by Crippen LogP contribution is 2.39. The van der Waals surface area contributed by atoms with Crippen LogP contribution in [0.4, 0.5) is 9.59 Å². The van der Waals surface area contributed by atoms with Crippen LogP contribution < -0.4 is 4.74 Å². The molecule has 2 aliphatic heterocycles. The monoisotopic (exact) mass is 408 g/mol. The van der Waals surface area contributed by atoms with Crippen molar-refractivity contribution in [3.8, 4) is 5.75 Å². The number of rotatable bonds is 2. The Hall–Kier alpha value is -2.74. The van der Waals surface area contributed by atoms with E-state index in [9.17, 15) is 14.4 Å². The van der Waals surface area contributed by atoms with E-state index in [-0.39, 0.29) is 16.9 Å². The van der Waals surface area contributed by atoms with Crippen molar-refractivity contribution in [3.63, 3.8) is 0 Å². The van der Waals surface area contributed by atoms with Gasteiger partial charge in [0.05, 0.1) is 23.3 Å². The minimum atomic E-state index is -1.15. The summed E-state index contributed by atoms with van der Waals surface area (Å²) in [6.07, 6.45) is -2.44. The van der Waals surface area contributed by atoms with Crippen LogP contribution in [0, 0.1) is 6.92 Å². The van der Waals surface area contributed by atoms with Gasteiger partial charge in [-0.2, -0.15) is 10.0 Å². The smallest absolute Gasteiger partial charge is 0.433 e. The lowest BCUT2D eigenvalue weighted by atomic mass is 9.98. The highest BCUT2D eigenvalue weighted by molar-refractivity contribution is 6.32. The molecule has 0 N–H and O–H groups in total. The third kappa shape index (κ3) is 3.52. The van der Waals surface area contributed by atoms with Gasteiger partial charge in [-0.05, 0) is 52.3 Å². The summed E-state index contributed by atoms with van der Waals surface area (Å²) >= 11 is 6.13. The fourth-order valence-electron chi connectivity index (χ4n) is 2.83. The van der Waals surface area contributed by atoms with E-state index >= 15 is 0 Å². The van der Waals surface area contributed by atoms with Crippen molar-refractivity contribution in [1.82, 2.24) is 10.0 Å². The Bertz CT molecular complexity index is 879. The Balaban J connectivity index is 2.03. The molecule has 9 heteroatoms. The summed E-state index contributed by atoms with van der Waals surface area (Å²) in [6, 6.07) is 3.13. The number of hydrazine groups is 1. The summed E-state index contributed by atoms with van der Waals surface area (Å²) in [5.41, 5.74) is 1.08. The molecule has 8 nitrogen and oxygen atoms in total. The van der Waals surface area contributed by atoms with Crippen LogP contribution >= 0.6 is 11.6 Å². The summed E-state index contributed by atoms with van der Waals surface area (Å²) in [5, 5.41) is 2.26. The van der Waals surface area contributed by atoms with Gasteiger partial charge in [0.15, 0.2) is 5.78 Å². The maximum absolute atomic E-state index is 13.0. The number of ketones is 1. The number of benzene rings is 1. The normalized spacial score (nSPS) is 17.9. The van der Waals surface area contributed by atoms with Crippen LogP contribution in [-0.2, 0) is 9.47 Å². The van der Waals surface area contributed by atoms with E-state index in [1.54, 1.807) is 40.7 Å². The van der Waals surface area contributed by atoms with Gasteiger partial charge in [-0.1, -0.05) is 11.6 Å². The summed E-state index contributed by atoms with van der Waals surface area (Å²) in [7, 11) is 0. The molecule has 0 radical (unpaired) electrons. The fraction of sp³-hybridized carbons (Fsp3) is 0.421. The first-order valence-electron chi connectivity index (χ1n) is 8.83. The Morgan fingerprint density at radius 2 is 1.71 bits per heavy atom. The van der Waals surface area contributed by atoms with Gasteiger partial charge < -0.3 is 14.2 Å². The first-order valence-corrected chi connectivity index (χ1v) is 9.20. The number of nitrogens with zero attached hydrogens (tertiary/aromatic N) is 2. The minimum absolute atomic E-state index is 0.105. The van der Waals surface area contributed by atoms with Gasteiger partial charge in [-0.15, -0.1) is 0 Å². The van der Waals surface area contributed by atoms with Crippen molar-refractivity contribution in [2.45, 2.75) is 53.1 Å². The van der Waals surface area contributed by atoms with Crippen molar-refractivity contribution in [3.05, 3.63) is 40.1 Å². The number of halogens is 1. The van der Waals surface area contributed by atoms with Gasteiger partial charge in [0.2, 0.25) is 6.23 Å². The number of amides is 2. The van der Waals surface area contributed by atoms with E-state index in [4.69, 9.17) is 25.8 Å². The number of ether oxygens (including phenoxy) is 3. The Morgan fingerprint density at radius 1 is 1.11 bits per heavy atom. The van der Waals surface area contributed by atoms with Gasteiger partial charge in [0.1, 0.15) is 5.75 Å². The van der Waals surface area contributed by atoms with Crippen LogP contribution in [0.5, 0.6) is 5.75 Å². The summed E-state index contributed by atoms with van der Waals surface area (Å²) in [5.74, 6) is -0.120. The molecule has 0 bridgehead atoms. The number of hydrogen-bond acceptors (Lipinski definition) is 6. The third-order valence-corrected chi connectivity index (χ3v) is 4.44. The first-order chi connectivity index (χ1) is 13.1. The molecule has 0 aromatic heterocycles. The quantitative estimate of drug-likeness (QED) is 0.733. The molecular formula is C19H21ClN2O6. The molecule has 2 amide bonds. The number of Topliss-reactive ketones (excluding diaryl/α,β-unsaturated/α-hetero) is 1. The lowest BCUT2D eigenvalue weighted by Gasteiger charge is -2.33. The Morgan fingerprint density at radius 3 is 2.32 bits per heavy atom. The second-order valence-corrected chi connectivity index (χ2v) is 7.44. The number of carbonyl (C=O) groups excluding carboxylic acids is 3. The van der Waals surface area contributed by atoms with Gasteiger partial charge in [0.25, 0.3) is 0 Å². The van der Waals surface area contributed by atoms with Crippen LogP contribution in [0.25, 0.3) is 0 Å². The predicted octanol–water partition coefficient (Wildman–Crippen LogP) is 4.06. The van der Waals surface area contributed by atoms with Crippen molar-refractivity contribution in [2.75, 3.05) is 0 Å². The van der Waals surface area contributed by atoms with E-state index in [0.717, 1.165) is 10.0 Å². The molecule has 150 valence electrons. The summed E-state index contributed by atoms with van der Waals surface area (Å²) < 4.78 is 16.3. The highest BCUT2D eigenvalue weighted by Gasteiger charge is 2.49. The molecule has 2 heterocycles. The largest absolute Gasteiger partial charge is 0.463 e. The SMILES string of the molecule is Cc1cc2c(cc1Cl)C(=O)C1=CN(C(=O)OC(C)C)N(C(=O)OC(C)C)C1O2. The van der Waals surface area contributed by atoms with Gasteiger partial charge in [-0.3, -0.25) is 4.79 Å². The molecule has 0 fully saturated rings. The highest BCUT2D eigenvalue weighted by atomic mass is 35.5. The first kappa shape index (κ1) is 20.0. The lowest BCUT2D eigenvalue weighted by molar-refractivity contribution is -0.0574. The maximum atomic E-state index is 13.0. The van der Waals surface area contributed by atoms with Crippen LogP contribution in [0.15, 0.2) is 23.9 Å². The molecule has 3 rings (SSSR count). The second-order valence-electron chi connectivity index (χ2n) is 7.04. The van der Waals surface area contributed by atoms with Crippen molar-refractivity contribution < 1.29 is 28.6 Å². The van der Waals surface area contributed by atoms with Gasteiger partial charge in [0, 0.05) is 11.2 Å². The van der Waals surface area contributed by atoms with E-state index in [0.29, 0.717) is 10.6 Å². The number of aryl methyl sites for hydroxylation is 1. The molecule has 1 aromatic carbocycles. The average Bonchev–Trinajstić information content (AvgIpc) is 2.95. The summed E-state index contributed by atoms with van der Waals surface area (Å²) in [4.78, 5) is 38.1. The number of carbonyl (C=O) groups is 3. The maximum Gasteiger partial charge on any atom is 0.433 e. The molecule has 0 aliphatic carbocycles. The lowest BCUT2D eigenvalue weighted by Crippen LogP contribution is -2.52. The van der Waals surface area contributed by atoms with Crippen LogP contribution in [0.1, 0.15) is 43.6 Å². The molecule has 0 saturated heterocycles.